The molecule has 3 atom stereocenters. The minimum Gasteiger partial charge on any atom is -0.335 e. The van der Waals surface area contributed by atoms with Gasteiger partial charge in [0.1, 0.15) is 0 Å². The van der Waals surface area contributed by atoms with E-state index in [1.807, 2.05) is 35.3 Å². The first-order chi connectivity index (χ1) is 9.61. The molecular weight excluding hydrogens is 248 g/mol. The van der Waals surface area contributed by atoms with Crippen LogP contribution in [0.4, 0.5) is 0 Å². The topological polar surface area (TPSA) is 46.3 Å². The van der Waals surface area contributed by atoms with Crippen LogP contribution in [0, 0.1) is 5.92 Å². The second-order valence-corrected chi connectivity index (χ2v) is 5.60. The molecule has 0 bridgehead atoms. The first-order valence-corrected chi connectivity index (χ1v) is 7.40. The van der Waals surface area contributed by atoms with Gasteiger partial charge in [-0.05, 0) is 25.3 Å². The third-order valence-corrected chi connectivity index (χ3v) is 4.04. The van der Waals surface area contributed by atoms with Crippen LogP contribution in [0.15, 0.2) is 42.5 Å². The number of rotatable bonds is 5. The van der Waals surface area contributed by atoms with Crippen LogP contribution in [0.2, 0.25) is 0 Å². The highest BCUT2D eigenvalue weighted by molar-refractivity contribution is 5.81. The van der Waals surface area contributed by atoms with Gasteiger partial charge in [0, 0.05) is 18.6 Å². The number of nitrogens with two attached hydrogens (primary N) is 1. The van der Waals surface area contributed by atoms with Crippen LogP contribution in [0.25, 0.3) is 0 Å². The lowest BCUT2D eigenvalue weighted by Gasteiger charge is -2.31. The Balaban J connectivity index is 2.11. The van der Waals surface area contributed by atoms with Crippen molar-refractivity contribution in [2.24, 2.45) is 11.7 Å². The summed E-state index contributed by atoms with van der Waals surface area (Å²) < 4.78 is 0. The van der Waals surface area contributed by atoms with Crippen LogP contribution < -0.4 is 5.73 Å². The van der Waals surface area contributed by atoms with E-state index in [-0.39, 0.29) is 23.9 Å². The number of hydrogen-bond acceptors (Lipinski definition) is 2. The SMILES string of the molecule is CCC(C)N(Cc1ccccc1)C(=O)C1C=CC(N)C1. The highest BCUT2D eigenvalue weighted by atomic mass is 16.2. The number of carbonyl (C=O) groups excluding carboxylic acids is 1. The van der Waals surface area contributed by atoms with Gasteiger partial charge in [-0.15, -0.1) is 0 Å². The summed E-state index contributed by atoms with van der Waals surface area (Å²) >= 11 is 0. The van der Waals surface area contributed by atoms with Crippen molar-refractivity contribution >= 4 is 5.91 Å². The van der Waals surface area contributed by atoms with Gasteiger partial charge in [0.2, 0.25) is 5.91 Å². The molecule has 20 heavy (non-hydrogen) atoms. The molecule has 0 radical (unpaired) electrons. The molecule has 0 aromatic heterocycles. The fraction of sp³-hybridized carbons (Fsp3) is 0.471. The summed E-state index contributed by atoms with van der Waals surface area (Å²) in [6, 6.07) is 10.4. The lowest BCUT2D eigenvalue weighted by Crippen LogP contribution is -2.41. The molecule has 0 saturated heterocycles. The van der Waals surface area contributed by atoms with Crippen LogP contribution in [-0.2, 0) is 11.3 Å². The third kappa shape index (κ3) is 3.48. The Labute approximate surface area is 121 Å². The van der Waals surface area contributed by atoms with E-state index in [9.17, 15) is 4.79 Å². The first kappa shape index (κ1) is 14.8. The van der Waals surface area contributed by atoms with Crippen LogP contribution >= 0.6 is 0 Å². The maximum atomic E-state index is 12.7. The number of benzene rings is 1. The van der Waals surface area contributed by atoms with E-state index in [1.165, 1.54) is 5.56 Å². The zero-order chi connectivity index (χ0) is 14.5. The lowest BCUT2D eigenvalue weighted by atomic mass is 10.0. The molecule has 0 saturated carbocycles. The van der Waals surface area contributed by atoms with E-state index < -0.39 is 0 Å². The standard InChI is InChI=1S/C17H24N2O/c1-3-13(2)19(12-14-7-5-4-6-8-14)17(20)15-9-10-16(18)11-15/h4-10,13,15-16H,3,11-12,18H2,1-2H3. The summed E-state index contributed by atoms with van der Waals surface area (Å²) in [5.74, 6) is 0.148. The molecule has 1 amide bonds. The Hall–Kier alpha value is -1.61. The van der Waals surface area contributed by atoms with Gasteiger partial charge < -0.3 is 10.6 Å². The van der Waals surface area contributed by atoms with Gasteiger partial charge in [-0.25, -0.2) is 0 Å². The van der Waals surface area contributed by atoms with Gasteiger partial charge >= 0.3 is 0 Å². The van der Waals surface area contributed by atoms with Gasteiger partial charge in [0.25, 0.3) is 0 Å². The molecule has 0 fully saturated rings. The molecule has 1 aliphatic rings. The maximum Gasteiger partial charge on any atom is 0.230 e. The van der Waals surface area contributed by atoms with E-state index >= 15 is 0 Å². The Morgan fingerprint density at radius 2 is 2.05 bits per heavy atom. The molecule has 3 unspecified atom stereocenters. The molecule has 3 heteroatoms. The highest BCUT2D eigenvalue weighted by Gasteiger charge is 2.29. The number of nitrogens with zero attached hydrogens (tertiary/aromatic N) is 1. The molecule has 0 spiro atoms. The molecule has 3 nitrogen and oxygen atoms in total. The van der Waals surface area contributed by atoms with E-state index in [1.54, 1.807) is 0 Å². The van der Waals surface area contributed by atoms with Crippen LogP contribution in [0.1, 0.15) is 32.3 Å². The molecule has 1 aromatic rings. The smallest absolute Gasteiger partial charge is 0.230 e. The predicted octanol–water partition coefficient (Wildman–Crippen LogP) is 2.72. The minimum absolute atomic E-state index is 0.0273. The monoisotopic (exact) mass is 272 g/mol. The van der Waals surface area contributed by atoms with Crippen molar-refractivity contribution < 1.29 is 4.79 Å². The Morgan fingerprint density at radius 1 is 1.35 bits per heavy atom. The van der Waals surface area contributed by atoms with E-state index in [0.29, 0.717) is 6.54 Å². The largest absolute Gasteiger partial charge is 0.335 e. The second-order valence-electron chi connectivity index (χ2n) is 5.60. The Kier molecular flexibility index (Phi) is 4.96. The van der Waals surface area contributed by atoms with Gasteiger partial charge in [0.05, 0.1) is 5.92 Å². The second kappa shape index (κ2) is 6.71. The average molecular weight is 272 g/mol. The third-order valence-electron chi connectivity index (χ3n) is 4.04. The van der Waals surface area contributed by atoms with Crippen LogP contribution in [0.3, 0.4) is 0 Å². The van der Waals surface area contributed by atoms with E-state index in [0.717, 1.165) is 12.8 Å². The van der Waals surface area contributed by atoms with Gasteiger partial charge in [0.15, 0.2) is 0 Å². The molecule has 2 N–H and O–H groups in total. The molecule has 1 aromatic carbocycles. The summed E-state index contributed by atoms with van der Waals surface area (Å²) in [4.78, 5) is 14.7. The predicted molar refractivity (Wildman–Crippen MR) is 82.0 cm³/mol. The number of carbonyl (C=O) groups is 1. The van der Waals surface area contributed by atoms with Crippen molar-refractivity contribution in [3.63, 3.8) is 0 Å². The number of amides is 1. The average Bonchev–Trinajstić information content (AvgIpc) is 2.91. The van der Waals surface area contributed by atoms with Crippen molar-refractivity contribution in [3.8, 4) is 0 Å². The summed E-state index contributed by atoms with van der Waals surface area (Å²) in [5, 5.41) is 0. The fourth-order valence-corrected chi connectivity index (χ4v) is 2.57. The highest BCUT2D eigenvalue weighted by Crippen LogP contribution is 2.22. The summed E-state index contributed by atoms with van der Waals surface area (Å²) in [7, 11) is 0. The van der Waals surface area contributed by atoms with Crippen molar-refractivity contribution in [1.29, 1.82) is 0 Å². The lowest BCUT2D eigenvalue weighted by molar-refractivity contribution is -0.136. The molecule has 1 aliphatic carbocycles. The zero-order valence-corrected chi connectivity index (χ0v) is 12.3. The Morgan fingerprint density at radius 3 is 2.60 bits per heavy atom. The minimum atomic E-state index is -0.0530. The van der Waals surface area contributed by atoms with Crippen molar-refractivity contribution in [2.45, 2.75) is 45.3 Å². The van der Waals surface area contributed by atoms with Crippen LogP contribution in [0.5, 0.6) is 0 Å². The summed E-state index contributed by atoms with van der Waals surface area (Å²) in [6.07, 6.45) is 5.61. The summed E-state index contributed by atoms with van der Waals surface area (Å²) in [6.45, 7) is 4.90. The van der Waals surface area contributed by atoms with E-state index in [4.69, 9.17) is 5.73 Å². The van der Waals surface area contributed by atoms with Gasteiger partial charge in [-0.2, -0.15) is 0 Å². The zero-order valence-electron chi connectivity index (χ0n) is 12.3. The molecule has 0 heterocycles. The van der Waals surface area contributed by atoms with Crippen LogP contribution in [-0.4, -0.2) is 22.9 Å². The van der Waals surface area contributed by atoms with Gasteiger partial charge in [-0.1, -0.05) is 49.4 Å². The Bertz CT molecular complexity index is 469. The summed E-state index contributed by atoms with van der Waals surface area (Å²) in [5.41, 5.74) is 7.04. The quantitative estimate of drug-likeness (QED) is 0.838. The fourth-order valence-electron chi connectivity index (χ4n) is 2.57. The molecule has 0 aliphatic heterocycles. The van der Waals surface area contributed by atoms with Crippen molar-refractivity contribution in [3.05, 3.63) is 48.0 Å². The first-order valence-electron chi connectivity index (χ1n) is 7.40. The number of hydrogen-bond donors (Lipinski definition) is 1. The van der Waals surface area contributed by atoms with Crippen molar-refractivity contribution in [2.75, 3.05) is 0 Å². The molecular formula is C17H24N2O. The van der Waals surface area contributed by atoms with Crippen molar-refractivity contribution in [1.82, 2.24) is 4.90 Å². The molecule has 2 rings (SSSR count). The normalized spacial score (nSPS) is 22.8. The van der Waals surface area contributed by atoms with E-state index in [2.05, 4.69) is 26.0 Å². The van der Waals surface area contributed by atoms with Gasteiger partial charge in [-0.3, -0.25) is 4.79 Å². The molecule has 108 valence electrons. The maximum absolute atomic E-state index is 12.7.